The van der Waals surface area contributed by atoms with E-state index in [1.807, 2.05) is 26.8 Å². The Morgan fingerprint density at radius 3 is 2.17 bits per heavy atom. The number of allylic oxidation sites excluding steroid dienone is 2. The Morgan fingerprint density at radius 2 is 1.55 bits per heavy atom. The van der Waals surface area contributed by atoms with Crippen LogP contribution in [0.4, 0.5) is 0 Å². The Balaban J connectivity index is 1.85. The van der Waals surface area contributed by atoms with Crippen molar-refractivity contribution in [1.29, 1.82) is 0 Å². The minimum absolute atomic E-state index is 0.0172. The highest BCUT2D eigenvalue weighted by atomic mass is 16.7. The zero-order chi connectivity index (χ0) is 35.4. The van der Waals surface area contributed by atoms with Crippen LogP contribution >= 0.6 is 0 Å². The Labute approximate surface area is 280 Å². The predicted molar refractivity (Wildman–Crippen MR) is 173 cm³/mol. The van der Waals surface area contributed by atoms with E-state index in [9.17, 15) is 29.7 Å². The lowest BCUT2D eigenvalue weighted by Gasteiger charge is -2.49. The van der Waals surface area contributed by atoms with Crippen molar-refractivity contribution >= 4 is 17.5 Å². The van der Waals surface area contributed by atoms with Crippen molar-refractivity contribution in [2.24, 2.45) is 23.7 Å². The molecule has 2 saturated heterocycles. The van der Waals surface area contributed by atoms with E-state index in [0.29, 0.717) is 12.8 Å². The Hall–Kier alpha value is -1.77. The number of nitrogens with zero attached hydrogens (tertiary/aromatic N) is 1. The normalized spacial score (nSPS) is 45.2. The molecule has 3 rings (SSSR count). The Bertz CT molecular complexity index is 1100. The molecular formula is C35H59NO11. The largest absolute Gasteiger partial charge is 0.462 e. The van der Waals surface area contributed by atoms with E-state index >= 15 is 0 Å². The van der Waals surface area contributed by atoms with E-state index in [1.54, 1.807) is 52.8 Å². The van der Waals surface area contributed by atoms with Crippen LogP contribution in [0.1, 0.15) is 87.5 Å². The van der Waals surface area contributed by atoms with Gasteiger partial charge in [0.25, 0.3) is 0 Å². The highest BCUT2D eigenvalue weighted by molar-refractivity contribution is 5.97. The van der Waals surface area contributed by atoms with Crippen LogP contribution in [0.5, 0.6) is 0 Å². The number of hydrogen-bond acceptors (Lipinski definition) is 12. The van der Waals surface area contributed by atoms with Gasteiger partial charge in [0, 0.05) is 18.3 Å². The minimum atomic E-state index is -1.43. The van der Waals surface area contributed by atoms with Gasteiger partial charge in [-0.3, -0.25) is 14.4 Å². The summed E-state index contributed by atoms with van der Waals surface area (Å²) in [6.45, 7) is 14.2. The summed E-state index contributed by atoms with van der Waals surface area (Å²) in [6.07, 6.45) is -2.68. The molecule has 0 aromatic carbocycles. The zero-order valence-corrected chi connectivity index (χ0v) is 29.8. The maximum Gasteiger partial charge on any atom is 0.313 e. The highest BCUT2D eigenvalue weighted by Gasteiger charge is 2.51. The van der Waals surface area contributed by atoms with Gasteiger partial charge in [-0.25, -0.2) is 0 Å². The van der Waals surface area contributed by atoms with Gasteiger partial charge in [-0.15, -0.1) is 0 Å². The van der Waals surface area contributed by atoms with Crippen molar-refractivity contribution in [3.8, 4) is 0 Å². The standard InChI is InChI=1S/C35H59NO11/c1-18-13-11-12-14-25(37)19(2)15-20(3)31(21(4)26(38)16-27(39)43-22(18)5)47-34-30(40)29(36(9)10)32(23(6)45-34)46-28-17-35(8,42)33(41)24(7)44-28/h12,14,18-24,28-34,40-42H,11,13,15-17H2,1-10H3/t18-,19+,20-,21-,22+,23+,24+,28?,29?,30?,31-,32?,33?,34-,35?/m0/s1. The van der Waals surface area contributed by atoms with E-state index in [0.717, 1.165) is 6.42 Å². The predicted octanol–water partition coefficient (Wildman–Crippen LogP) is 2.78. The monoisotopic (exact) mass is 669 g/mol. The lowest BCUT2D eigenvalue weighted by atomic mass is 9.82. The summed E-state index contributed by atoms with van der Waals surface area (Å²) in [6, 6.07) is -0.643. The second-order valence-electron chi connectivity index (χ2n) is 14.7. The molecule has 0 saturated carbocycles. The number of rotatable bonds is 5. The van der Waals surface area contributed by atoms with Gasteiger partial charge in [0.2, 0.25) is 0 Å². The summed E-state index contributed by atoms with van der Waals surface area (Å²) in [5.74, 6) is -2.38. The fourth-order valence-corrected chi connectivity index (χ4v) is 7.00. The number of hydrogen-bond donors (Lipinski definition) is 3. The molecule has 0 amide bonds. The molecule has 0 spiro atoms. The van der Waals surface area contributed by atoms with Gasteiger partial charge >= 0.3 is 5.97 Å². The number of aliphatic hydroxyl groups excluding tert-OH is 2. The number of esters is 1. The fourth-order valence-electron chi connectivity index (χ4n) is 7.00. The van der Waals surface area contributed by atoms with E-state index in [4.69, 9.17) is 23.7 Å². The summed E-state index contributed by atoms with van der Waals surface area (Å²) in [5, 5.41) is 32.8. The molecule has 3 aliphatic heterocycles. The molecule has 0 aromatic heterocycles. The summed E-state index contributed by atoms with van der Waals surface area (Å²) in [4.78, 5) is 41.1. The van der Waals surface area contributed by atoms with E-state index in [1.165, 1.54) is 6.92 Å². The van der Waals surface area contributed by atoms with E-state index < -0.39 is 85.3 Å². The van der Waals surface area contributed by atoms with Crippen LogP contribution < -0.4 is 0 Å². The molecule has 3 heterocycles. The average molecular weight is 670 g/mol. The SMILES string of the molecule is C[C@@H]1C[C@H](C)[C@H](O[C@@H]2O[C@H](C)C(OC3CC(C)(O)C(O)[C@@H](C)O3)C(N(C)C)C2O)[C@@H](C)C(=O)CC(=O)O[C@H](C)[C@@H](C)CCC=CC1=O. The number of likely N-dealkylation sites (N-methyl/N-ethyl adjacent to an activating group) is 1. The number of ketones is 2. The van der Waals surface area contributed by atoms with Gasteiger partial charge in [0.15, 0.2) is 18.4 Å². The molecule has 12 nitrogen and oxygen atoms in total. The van der Waals surface area contributed by atoms with Crippen molar-refractivity contribution in [2.45, 2.75) is 154 Å². The van der Waals surface area contributed by atoms with Gasteiger partial charge in [-0.2, -0.15) is 0 Å². The number of carbonyl (C=O) groups excluding carboxylic acids is 3. The first-order valence-corrected chi connectivity index (χ1v) is 17.1. The smallest absolute Gasteiger partial charge is 0.313 e. The van der Waals surface area contributed by atoms with E-state index in [-0.39, 0.29) is 35.7 Å². The lowest BCUT2D eigenvalue weighted by Crippen LogP contribution is -2.65. The number of Topliss-reactive ketones (excluding diaryl/α,β-unsaturated/α-hetero) is 1. The molecule has 0 radical (unpaired) electrons. The maximum atomic E-state index is 13.5. The molecular weight excluding hydrogens is 610 g/mol. The summed E-state index contributed by atoms with van der Waals surface area (Å²) >= 11 is 0. The van der Waals surface area contributed by atoms with Crippen LogP contribution in [0.3, 0.4) is 0 Å². The number of cyclic esters (lactones) is 1. The molecule has 3 N–H and O–H groups in total. The summed E-state index contributed by atoms with van der Waals surface area (Å²) < 4.78 is 30.5. The van der Waals surface area contributed by atoms with E-state index in [2.05, 4.69) is 0 Å². The third-order valence-corrected chi connectivity index (χ3v) is 10.3. The third-order valence-electron chi connectivity index (χ3n) is 10.3. The second-order valence-corrected chi connectivity index (χ2v) is 14.7. The first-order chi connectivity index (χ1) is 21.8. The second kappa shape index (κ2) is 16.8. The summed E-state index contributed by atoms with van der Waals surface area (Å²) in [7, 11) is 3.58. The molecule has 0 aliphatic carbocycles. The first kappa shape index (κ1) is 39.7. The fraction of sp³-hybridized carbons (Fsp3) is 0.857. The topological polar surface area (TPSA) is 161 Å². The van der Waals surface area contributed by atoms with Crippen molar-refractivity contribution in [1.82, 2.24) is 4.90 Å². The molecule has 0 bridgehead atoms. The van der Waals surface area contributed by atoms with Gasteiger partial charge < -0.3 is 43.9 Å². The Kier molecular flexibility index (Phi) is 14.1. The van der Waals surface area contributed by atoms with Crippen molar-refractivity contribution in [2.75, 3.05) is 14.1 Å². The molecule has 270 valence electrons. The third kappa shape index (κ3) is 10.1. The van der Waals surface area contributed by atoms with Crippen LogP contribution in [-0.2, 0) is 38.1 Å². The van der Waals surface area contributed by atoms with Crippen molar-refractivity contribution in [3.05, 3.63) is 12.2 Å². The number of ether oxygens (including phenoxy) is 5. The molecule has 15 atom stereocenters. The van der Waals surface area contributed by atoms with Crippen molar-refractivity contribution in [3.63, 3.8) is 0 Å². The van der Waals surface area contributed by atoms with Crippen LogP contribution in [-0.4, -0.2) is 119 Å². The molecule has 47 heavy (non-hydrogen) atoms. The van der Waals surface area contributed by atoms with Gasteiger partial charge in [-0.1, -0.05) is 33.8 Å². The lowest BCUT2D eigenvalue weighted by molar-refractivity contribution is -0.340. The molecule has 12 heteroatoms. The van der Waals surface area contributed by atoms with Crippen LogP contribution in [0, 0.1) is 23.7 Å². The molecule has 6 unspecified atom stereocenters. The maximum absolute atomic E-state index is 13.5. The van der Waals surface area contributed by atoms with Gasteiger partial charge in [-0.05, 0) is 79.0 Å². The first-order valence-electron chi connectivity index (χ1n) is 17.1. The zero-order valence-electron chi connectivity index (χ0n) is 29.8. The van der Waals surface area contributed by atoms with Gasteiger partial charge in [0.1, 0.15) is 36.6 Å². The number of aliphatic hydroxyl groups is 3. The van der Waals surface area contributed by atoms with Crippen LogP contribution in [0.25, 0.3) is 0 Å². The molecule has 3 aliphatic rings. The average Bonchev–Trinajstić information content (AvgIpc) is 2.97. The minimum Gasteiger partial charge on any atom is -0.462 e. The van der Waals surface area contributed by atoms with Crippen molar-refractivity contribution < 1.29 is 53.4 Å². The Morgan fingerprint density at radius 1 is 0.894 bits per heavy atom. The molecule has 2 fully saturated rings. The number of carbonyl (C=O) groups is 3. The quantitative estimate of drug-likeness (QED) is 0.291. The molecule has 0 aromatic rings. The highest BCUT2D eigenvalue weighted by Crippen LogP contribution is 2.36. The van der Waals surface area contributed by atoms with Crippen LogP contribution in [0.15, 0.2) is 12.2 Å². The van der Waals surface area contributed by atoms with Crippen LogP contribution in [0.2, 0.25) is 0 Å². The summed E-state index contributed by atoms with van der Waals surface area (Å²) in [5.41, 5.74) is -1.43. The van der Waals surface area contributed by atoms with Gasteiger partial charge in [0.05, 0.1) is 30.0 Å².